The van der Waals surface area contributed by atoms with Gasteiger partial charge in [0.05, 0.1) is 0 Å². The van der Waals surface area contributed by atoms with Gasteiger partial charge in [0.25, 0.3) is 0 Å². The molecule has 0 spiro atoms. The van der Waals surface area contributed by atoms with Crippen molar-refractivity contribution < 1.29 is 19.2 Å². The Kier molecular flexibility index (Phi) is 2.25. The average molecular weight is 252 g/mol. The van der Waals surface area contributed by atoms with Crippen LogP contribution in [0, 0.1) is 0 Å². The number of nitrogens with one attached hydrogen (secondary N) is 2. The van der Waals surface area contributed by atoms with Crippen LogP contribution in [0.1, 0.15) is 0 Å². The summed E-state index contributed by atoms with van der Waals surface area (Å²) in [7, 11) is 0. The normalized spacial score (nSPS) is 31.6. The summed E-state index contributed by atoms with van der Waals surface area (Å²) in [6.07, 6.45) is 0. The van der Waals surface area contributed by atoms with Gasteiger partial charge < -0.3 is 20.4 Å². The lowest BCUT2D eigenvalue weighted by molar-refractivity contribution is -0.167. The first kappa shape index (κ1) is 11.0. The van der Waals surface area contributed by atoms with Gasteiger partial charge in [0, 0.05) is 13.1 Å². The maximum absolute atomic E-state index is 12.2. The third-order valence-corrected chi connectivity index (χ3v) is 3.50. The van der Waals surface area contributed by atoms with E-state index in [0.29, 0.717) is 0 Å². The van der Waals surface area contributed by atoms with Crippen molar-refractivity contribution in [1.29, 1.82) is 0 Å². The van der Waals surface area contributed by atoms with E-state index in [4.69, 9.17) is 0 Å². The summed E-state index contributed by atoms with van der Waals surface area (Å²) in [6.45, 7) is 0.0591. The van der Waals surface area contributed by atoms with Gasteiger partial charge in [-0.25, -0.2) is 0 Å². The van der Waals surface area contributed by atoms with E-state index >= 15 is 0 Å². The molecule has 3 heterocycles. The van der Waals surface area contributed by atoms with Crippen LogP contribution in [-0.2, 0) is 19.2 Å². The minimum atomic E-state index is -0.669. The van der Waals surface area contributed by atoms with Gasteiger partial charge >= 0.3 is 0 Å². The fraction of sp³-hybridized carbons (Fsp3) is 0.600. The molecule has 8 nitrogen and oxygen atoms in total. The second kappa shape index (κ2) is 3.69. The van der Waals surface area contributed by atoms with Gasteiger partial charge in [-0.05, 0) is 0 Å². The lowest BCUT2D eigenvalue weighted by Crippen LogP contribution is -2.74. The highest BCUT2D eigenvalue weighted by Crippen LogP contribution is 2.20. The molecule has 3 rings (SSSR count). The molecular weight excluding hydrogens is 240 g/mol. The zero-order chi connectivity index (χ0) is 12.9. The van der Waals surface area contributed by atoms with Gasteiger partial charge in [-0.15, -0.1) is 0 Å². The molecule has 96 valence electrons. The van der Waals surface area contributed by atoms with Crippen molar-refractivity contribution in [3.8, 4) is 0 Å². The molecule has 0 aliphatic carbocycles. The molecule has 0 aromatic heterocycles. The van der Waals surface area contributed by atoms with E-state index < -0.39 is 12.1 Å². The number of rotatable bonds is 0. The summed E-state index contributed by atoms with van der Waals surface area (Å²) < 4.78 is 0. The fourth-order valence-corrected chi connectivity index (χ4v) is 2.57. The molecule has 0 aromatic carbocycles. The van der Waals surface area contributed by atoms with Crippen molar-refractivity contribution in [1.82, 2.24) is 20.4 Å². The topological polar surface area (TPSA) is 98.8 Å². The number of piperazine rings is 3. The van der Waals surface area contributed by atoms with Crippen molar-refractivity contribution in [2.24, 2.45) is 0 Å². The third-order valence-electron chi connectivity index (χ3n) is 3.50. The lowest BCUT2D eigenvalue weighted by Gasteiger charge is -2.47. The summed E-state index contributed by atoms with van der Waals surface area (Å²) in [5, 5.41) is 5.12. The van der Waals surface area contributed by atoms with Crippen LogP contribution in [0.15, 0.2) is 0 Å². The van der Waals surface area contributed by atoms with E-state index in [0.717, 1.165) is 0 Å². The molecule has 2 N–H and O–H groups in total. The van der Waals surface area contributed by atoms with E-state index in [-0.39, 0.29) is 49.8 Å². The Hall–Kier alpha value is -2.12. The van der Waals surface area contributed by atoms with Gasteiger partial charge in [0.2, 0.25) is 23.6 Å². The maximum atomic E-state index is 12.2. The Bertz CT molecular complexity index is 421. The number of fused-ring (bicyclic) bond motifs is 2. The van der Waals surface area contributed by atoms with Crippen LogP contribution in [-0.4, -0.2) is 71.7 Å². The number of amides is 4. The molecule has 18 heavy (non-hydrogen) atoms. The first-order valence-corrected chi connectivity index (χ1v) is 5.72. The highest BCUT2D eigenvalue weighted by atomic mass is 16.2. The highest BCUT2D eigenvalue weighted by molar-refractivity contribution is 6.03. The predicted octanol–water partition coefficient (Wildman–Crippen LogP) is -3.35. The largest absolute Gasteiger partial charge is 0.352 e. The monoisotopic (exact) mass is 252 g/mol. The Labute approximate surface area is 102 Å². The Morgan fingerprint density at radius 3 is 1.56 bits per heavy atom. The predicted molar refractivity (Wildman–Crippen MR) is 57.0 cm³/mol. The quantitative estimate of drug-likeness (QED) is 0.470. The van der Waals surface area contributed by atoms with Gasteiger partial charge in [0.15, 0.2) is 0 Å². The molecule has 3 fully saturated rings. The Morgan fingerprint density at radius 1 is 0.778 bits per heavy atom. The lowest BCUT2D eigenvalue weighted by atomic mass is 10.0. The number of carbonyl (C=O) groups is 4. The van der Waals surface area contributed by atoms with Crippen LogP contribution in [0.25, 0.3) is 0 Å². The van der Waals surface area contributed by atoms with Crippen LogP contribution in [0.2, 0.25) is 0 Å². The molecule has 3 aliphatic heterocycles. The second-order valence-electron chi connectivity index (χ2n) is 4.57. The standard InChI is InChI=1S/C10H12N4O4/c15-7-3-13-5(1-11-7)9(17)14-4-8(16)12-2-6(14)10(13)18/h5-6H,1-4H2,(H,11,15)(H,12,16). The fourth-order valence-electron chi connectivity index (χ4n) is 2.57. The second-order valence-corrected chi connectivity index (χ2v) is 4.57. The van der Waals surface area contributed by atoms with Crippen LogP contribution in [0.3, 0.4) is 0 Å². The minimum Gasteiger partial charge on any atom is -0.352 e. The van der Waals surface area contributed by atoms with E-state index in [1.165, 1.54) is 9.80 Å². The van der Waals surface area contributed by atoms with E-state index in [1.807, 2.05) is 0 Å². The Balaban J connectivity index is 1.91. The van der Waals surface area contributed by atoms with Crippen LogP contribution >= 0.6 is 0 Å². The van der Waals surface area contributed by atoms with Gasteiger partial charge in [-0.1, -0.05) is 0 Å². The summed E-state index contributed by atoms with van der Waals surface area (Å²) in [6, 6.07) is -1.34. The van der Waals surface area contributed by atoms with E-state index in [2.05, 4.69) is 10.6 Å². The molecule has 0 saturated carbocycles. The van der Waals surface area contributed by atoms with Crippen molar-refractivity contribution in [2.45, 2.75) is 12.1 Å². The highest BCUT2D eigenvalue weighted by Gasteiger charge is 2.49. The van der Waals surface area contributed by atoms with Crippen LogP contribution < -0.4 is 10.6 Å². The Morgan fingerprint density at radius 2 is 1.17 bits per heavy atom. The summed E-state index contributed by atoms with van der Waals surface area (Å²) in [5.74, 6) is -1.06. The van der Waals surface area contributed by atoms with Gasteiger partial charge in [-0.2, -0.15) is 0 Å². The molecule has 4 amide bonds. The number of carbonyl (C=O) groups excluding carboxylic acids is 4. The number of nitrogens with zero attached hydrogens (tertiary/aromatic N) is 2. The first-order valence-electron chi connectivity index (χ1n) is 5.72. The SMILES string of the molecule is O=C1CN2C(=O)C3CNC(=O)CN3C(=O)C2CN1. The van der Waals surface area contributed by atoms with E-state index in [9.17, 15) is 19.2 Å². The molecule has 0 bridgehead atoms. The smallest absolute Gasteiger partial charge is 0.248 e. The molecule has 3 aliphatic rings. The zero-order valence-electron chi connectivity index (χ0n) is 9.51. The number of hydrogen-bond donors (Lipinski definition) is 2. The van der Waals surface area contributed by atoms with Gasteiger partial charge in [0.1, 0.15) is 25.2 Å². The number of hydrogen-bond acceptors (Lipinski definition) is 4. The first-order chi connectivity index (χ1) is 8.58. The van der Waals surface area contributed by atoms with Crippen molar-refractivity contribution >= 4 is 23.6 Å². The maximum Gasteiger partial charge on any atom is 0.248 e. The zero-order valence-corrected chi connectivity index (χ0v) is 9.51. The van der Waals surface area contributed by atoms with E-state index in [1.54, 1.807) is 0 Å². The molecule has 0 radical (unpaired) electrons. The molecule has 2 atom stereocenters. The summed E-state index contributed by atoms with van der Waals surface area (Å²) in [5.41, 5.74) is 0. The van der Waals surface area contributed by atoms with Crippen LogP contribution in [0.5, 0.6) is 0 Å². The summed E-state index contributed by atoms with van der Waals surface area (Å²) >= 11 is 0. The van der Waals surface area contributed by atoms with Crippen molar-refractivity contribution in [3.05, 3.63) is 0 Å². The molecular formula is C10H12N4O4. The third kappa shape index (κ3) is 1.45. The summed E-state index contributed by atoms with van der Waals surface area (Å²) in [4.78, 5) is 49.6. The molecule has 0 aromatic rings. The molecule has 8 heteroatoms. The average Bonchev–Trinajstić information content (AvgIpc) is 2.36. The minimum absolute atomic E-state index is 0.0898. The molecule has 3 saturated heterocycles. The van der Waals surface area contributed by atoms with Crippen LogP contribution in [0.4, 0.5) is 0 Å². The van der Waals surface area contributed by atoms with Crippen molar-refractivity contribution in [2.75, 3.05) is 26.2 Å². The molecule has 2 unspecified atom stereocenters. The van der Waals surface area contributed by atoms with Crippen molar-refractivity contribution in [3.63, 3.8) is 0 Å². The van der Waals surface area contributed by atoms with Gasteiger partial charge in [-0.3, -0.25) is 19.2 Å².